The number of carbonyl (C=O) groups is 10. The van der Waals surface area contributed by atoms with Crippen LogP contribution in [0, 0.1) is 29.1 Å². The number of likely N-dealkylation sites (tertiary alicyclic amines) is 1. The third-order valence-corrected chi connectivity index (χ3v) is 24.0. The van der Waals surface area contributed by atoms with Gasteiger partial charge in [-0.1, -0.05) is 87.6 Å². The number of amides is 10. The minimum Gasteiger partial charge on any atom is -0.476 e. The number of hydrogen-bond donors (Lipinski definition) is 8. The van der Waals surface area contributed by atoms with Crippen molar-refractivity contribution in [3.05, 3.63) is 138 Å². The second-order valence-corrected chi connectivity index (χ2v) is 35.2. The average Bonchev–Trinajstić information content (AvgIpc) is 0.780. The molecule has 4 aromatic carbocycles. The van der Waals surface area contributed by atoms with Crippen LogP contribution in [0.2, 0.25) is 0 Å². The minimum absolute atomic E-state index is 0.0388. The number of hydrogen-bond acceptors (Lipinski definition) is 21. The molecule has 1 saturated heterocycles. The number of pyridine rings is 1. The van der Waals surface area contributed by atoms with Crippen molar-refractivity contribution in [2.75, 3.05) is 67.7 Å². The lowest BCUT2D eigenvalue weighted by Crippen LogP contribution is -2.64. The van der Waals surface area contributed by atoms with Crippen LogP contribution in [0.15, 0.2) is 115 Å². The summed E-state index contributed by atoms with van der Waals surface area (Å²) in [6, 6.07) is 21.6. The highest BCUT2D eigenvalue weighted by Gasteiger charge is 2.66. The Morgan fingerprint density at radius 3 is 2.17 bits per heavy atom. The van der Waals surface area contributed by atoms with E-state index >= 15 is 4.79 Å². The van der Waals surface area contributed by atoms with E-state index < -0.39 is 154 Å². The molecule has 3 aromatic heterocycles. The van der Waals surface area contributed by atoms with Crippen molar-refractivity contribution in [3.63, 3.8) is 0 Å². The highest BCUT2D eigenvalue weighted by molar-refractivity contribution is 7.86. The highest BCUT2D eigenvalue weighted by Crippen LogP contribution is 2.72. The SMILES string of the molecule is Cc1c(-c2ccc(-c3ccc4cccc(C(=O)Nc5nc6ccccc6s5)c4c3)nc2C(=O)O)cnn1CC12CC3(C)CC(C)(C1)CC(OCCN(CCS(=O)(=O)O)C(=O)OCc1ccc(N(C(=O)[C@@H](NC(=O)CN4C(=O)[C@@H](N5C(=O)C=CC5=O)C[C@H]4COCCS(=O)(=O)O)C(C)C)[C@@H](CCCNC(N)=O)C(N)=O)cc1)(C3)C2. The number of para-hydroxylation sites is 1. The fourth-order valence-corrected chi connectivity index (χ4v) is 19.5. The molecule has 2 aliphatic heterocycles. The molecule has 600 valence electrons. The van der Waals surface area contributed by atoms with E-state index in [9.17, 15) is 74.2 Å². The number of aromatic nitrogens is 4. The van der Waals surface area contributed by atoms with Gasteiger partial charge in [0.25, 0.3) is 43.9 Å². The van der Waals surface area contributed by atoms with E-state index in [2.05, 4.69) is 34.8 Å². The Morgan fingerprint density at radius 1 is 0.796 bits per heavy atom. The number of rotatable bonds is 34. The lowest BCUT2D eigenvalue weighted by Gasteiger charge is -2.69. The quantitative estimate of drug-likeness (QED) is 0.0116. The van der Waals surface area contributed by atoms with Crippen LogP contribution in [-0.4, -0.2) is 212 Å². The maximum absolute atomic E-state index is 15.1. The zero-order valence-corrected chi connectivity index (χ0v) is 65.2. The van der Waals surface area contributed by atoms with Gasteiger partial charge in [-0.3, -0.25) is 62.5 Å². The number of benzene rings is 4. The van der Waals surface area contributed by atoms with Crippen LogP contribution in [0.3, 0.4) is 0 Å². The van der Waals surface area contributed by atoms with Crippen molar-refractivity contribution in [2.45, 2.75) is 135 Å². The van der Waals surface area contributed by atoms with Crippen LogP contribution in [0.1, 0.15) is 118 Å². The van der Waals surface area contributed by atoms with Crippen LogP contribution in [-0.2, 0) is 76.4 Å². The molecule has 7 aromatic rings. The Morgan fingerprint density at radius 2 is 1.50 bits per heavy atom. The third-order valence-electron chi connectivity index (χ3n) is 21.6. The predicted octanol–water partition coefficient (Wildman–Crippen LogP) is 6.87. The number of primary amides is 2. The number of carboxylic acid groups (broad SMARTS) is 1. The van der Waals surface area contributed by atoms with Crippen molar-refractivity contribution in [1.29, 1.82) is 0 Å². The number of anilines is 2. The van der Waals surface area contributed by atoms with E-state index in [1.807, 2.05) is 60.1 Å². The summed E-state index contributed by atoms with van der Waals surface area (Å²) in [6.45, 7) is 7.23. The molecule has 10 N–H and O–H groups in total. The molecule has 0 spiro atoms. The maximum atomic E-state index is 15.1. The molecule has 5 fully saturated rings. The van der Waals surface area contributed by atoms with Crippen LogP contribution in [0.5, 0.6) is 0 Å². The number of imide groups is 1. The molecule has 0 radical (unpaired) electrons. The van der Waals surface area contributed by atoms with Gasteiger partial charge in [0, 0.05) is 78.4 Å². The van der Waals surface area contributed by atoms with Gasteiger partial charge in [0.05, 0.1) is 71.6 Å². The second kappa shape index (κ2) is 32.8. The molecular weight excluding hydrogens is 1520 g/mol. The molecule has 4 aliphatic carbocycles. The summed E-state index contributed by atoms with van der Waals surface area (Å²) in [4.78, 5) is 148. The summed E-state index contributed by atoms with van der Waals surface area (Å²) in [5.41, 5.74) is 13.9. The largest absolute Gasteiger partial charge is 0.476 e. The molecule has 4 bridgehead atoms. The summed E-state index contributed by atoms with van der Waals surface area (Å²) in [7, 11) is -9.06. The standard InChI is InChI=1S/C77H89N13O20S3/c1-45(2)64(84-61(91)35-87-51(37-108-29-31-113(105,106)107)33-59(68(87)96)90-62(92)23-24-63(90)93)69(97)89(58(66(78)94)13-9-25-80-71(79)100)50-19-15-47(16-20-50)36-109-73(101)86(27-30-112(102,103)104)26-28-110-77-41-74(4)38-75(5,42-77)40-76(39-74,43-77)44-88-46(3)55(34-81-88)52-21-22-56(82-65(52)70(98)99)49-18-17-48-10-8-11-53(54(48)32-49)67(95)85-72-83-57-12-6-7-14-60(57)111-72/h6-8,10-12,14-24,32,34,45,51,58-59,64H,9,13,25-31,33,35-44H2,1-5H3,(H2,78,94)(H,84,91)(H,98,99)(H3,79,80,100)(H,83,85,95)(H,102,103,104)(H,105,106,107)/t51-,58-,59-,64-,74?,75?,76?,77?/m0/s1. The first-order valence-electron chi connectivity index (χ1n) is 36.8. The van der Waals surface area contributed by atoms with Crippen LogP contribution < -0.4 is 32.3 Å². The van der Waals surface area contributed by atoms with Crippen molar-refractivity contribution < 1.29 is 93.2 Å². The van der Waals surface area contributed by atoms with Gasteiger partial charge < -0.3 is 51.2 Å². The fourth-order valence-electron chi connectivity index (χ4n) is 17.9. The Balaban J connectivity index is 0.717. The number of carboxylic acids is 1. The van der Waals surface area contributed by atoms with Gasteiger partial charge >= 0.3 is 18.1 Å². The number of fused-ring (bicyclic) bond motifs is 2. The number of aromatic carboxylic acids is 1. The summed E-state index contributed by atoms with van der Waals surface area (Å²) in [5.74, 6) is -9.16. The van der Waals surface area contributed by atoms with Gasteiger partial charge in [0.2, 0.25) is 17.7 Å². The number of nitrogens with two attached hydrogens (primary N) is 2. The molecular formula is C77H89N13O20S3. The molecule has 113 heavy (non-hydrogen) atoms. The lowest BCUT2D eigenvalue weighted by atomic mass is 9.39. The Kier molecular flexibility index (Phi) is 23.8. The van der Waals surface area contributed by atoms with Crippen molar-refractivity contribution in [2.24, 2.45) is 33.6 Å². The van der Waals surface area contributed by atoms with Crippen molar-refractivity contribution in [1.82, 2.24) is 45.1 Å². The monoisotopic (exact) mass is 1610 g/mol. The molecule has 6 atom stereocenters. The van der Waals surface area contributed by atoms with Gasteiger partial charge in [-0.25, -0.2) is 24.4 Å². The summed E-state index contributed by atoms with van der Waals surface area (Å²) < 4.78 is 87.6. The lowest BCUT2D eigenvalue weighted by molar-refractivity contribution is -0.248. The van der Waals surface area contributed by atoms with Gasteiger partial charge in [-0.2, -0.15) is 21.9 Å². The number of nitrogens with one attached hydrogen (secondary N) is 3. The number of ether oxygens (including phenoxy) is 3. The average molecular weight is 1610 g/mol. The molecule has 5 heterocycles. The predicted molar refractivity (Wildman–Crippen MR) is 414 cm³/mol. The first-order chi connectivity index (χ1) is 53.4. The van der Waals surface area contributed by atoms with E-state index in [4.69, 9.17) is 35.8 Å². The van der Waals surface area contributed by atoms with Crippen LogP contribution >= 0.6 is 11.3 Å². The second-order valence-electron chi connectivity index (χ2n) is 31.1. The normalized spacial score (nSPS) is 21.8. The summed E-state index contributed by atoms with van der Waals surface area (Å²) >= 11 is 1.37. The highest BCUT2D eigenvalue weighted by atomic mass is 32.2. The molecule has 10 amide bonds. The van der Waals surface area contributed by atoms with Crippen molar-refractivity contribution >= 4 is 123 Å². The van der Waals surface area contributed by atoms with Gasteiger partial charge in [0.1, 0.15) is 24.7 Å². The van der Waals surface area contributed by atoms with Gasteiger partial charge in [-0.05, 0) is 145 Å². The summed E-state index contributed by atoms with van der Waals surface area (Å²) in [5, 5.41) is 25.6. The number of urea groups is 1. The molecule has 13 rings (SSSR count). The van der Waals surface area contributed by atoms with Crippen LogP contribution in [0.4, 0.5) is 20.4 Å². The number of nitrogens with zero attached hydrogens (tertiary/aromatic N) is 8. The zero-order chi connectivity index (χ0) is 81.3. The van der Waals surface area contributed by atoms with E-state index in [1.54, 1.807) is 44.3 Å². The smallest absolute Gasteiger partial charge is 0.410 e. The third kappa shape index (κ3) is 18.9. The molecule has 2 unspecified atom stereocenters. The van der Waals surface area contributed by atoms with Crippen molar-refractivity contribution in [3.8, 4) is 22.4 Å². The van der Waals surface area contributed by atoms with Gasteiger partial charge in [-0.15, -0.1) is 0 Å². The zero-order valence-electron chi connectivity index (χ0n) is 62.7. The van der Waals surface area contributed by atoms with Gasteiger partial charge in [0.15, 0.2) is 10.8 Å². The maximum Gasteiger partial charge on any atom is 0.410 e. The molecule has 6 aliphatic rings. The van der Waals surface area contributed by atoms with E-state index in [-0.39, 0.29) is 72.5 Å². The van der Waals surface area contributed by atoms with E-state index in [1.165, 1.54) is 35.6 Å². The first-order valence-corrected chi connectivity index (χ1v) is 40.8. The van der Waals surface area contributed by atoms with E-state index in [0.29, 0.717) is 74.7 Å². The Bertz CT molecular complexity index is 5140. The summed E-state index contributed by atoms with van der Waals surface area (Å²) in [6.07, 6.45) is 6.96. The number of carbonyl (C=O) groups excluding carboxylic acids is 9. The van der Waals surface area contributed by atoms with Crippen LogP contribution in [0.25, 0.3) is 43.4 Å². The molecule has 33 nitrogen and oxygen atoms in total. The number of thiazole rings is 1. The fraction of sp³-hybridized carbons (Fsp3) is 0.442. The Labute approximate surface area is 654 Å². The topological polar surface area (TPSA) is 472 Å². The Hall–Kier alpha value is -10.6. The first kappa shape index (κ1) is 81.8. The molecule has 4 saturated carbocycles. The van der Waals surface area contributed by atoms with E-state index in [0.717, 1.165) is 67.4 Å². The minimum atomic E-state index is -4.61. The molecule has 36 heteroatoms.